The van der Waals surface area contributed by atoms with Crippen molar-refractivity contribution in [3.05, 3.63) is 89.9 Å². The van der Waals surface area contributed by atoms with E-state index in [0.717, 1.165) is 5.56 Å². The Morgan fingerprint density at radius 3 is 2.29 bits per heavy atom. The number of nitrogens with one attached hydrogen (secondary N) is 1. The highest BCUT2D eigenvalue weighted by Crippen LogP contribution is 2.22. The standard InChI is InChI=1S/C18H13FN2O3/c19-14-5-3-12(4-6-14)16(13-7-9-20-10-8-13)21-18(23)17(22)15-2-1-11-24-15/h1-11,16H,(H,21,23)/t16-/m0/s1. The molecule has 0 spiro atoms. The molecule has 0 aliphatic rings. The van der Waals surface area contributed by atoms with Crippen LogP contribution >= 0.6 is 0 Å². The predicted octanol–water partition coefficient (Wildman–Crippen LogP) is 2.90. The minimum Gasteiger partial charge on any atom is -0.461 e. The molecule has 2 aromatic heterocycles. The Hall–Kier alpha value is -3.28. The van der Waals surface area contributed by atoms with Gasteiger partial charge in [0.15, 0.2) is 5.76 Å². The Balaban J connectivity index is 1.89. The number of halogens is 1. The van der Waals surface area contributed by atoms with E-state index in [0.29, 0.717) is 5.56 Å². The number of hydrogen-bond donors (Lipinski definition) is 1. The molecule has 1 N–H and O–H groups in total. The second kappa shape index (κ2) is 6.87. The Morgan fingerprint density at radius 2 is 1.67 bits per heavy atom. The van der Waals surface area contributed by atoms with Crippen molar-refractivity contribution in [3.63, 3.8) is 0 Å². The van der Waals surface area contributed by atoms with Gasteiger partial charge in [0, 0.05) is 12.4 Å². The molecular formula is C18H13FN2O3. The zero-order chi connectivity index (χ0) is 16.9. The van der Waals surface area contributed by atoms with Crippen LogP contribution in [0.15, 0.2) is 71.6 Å². The van der Waals surface area contributed by atoms with Gasteiger partial charge in [0.25, 0.3) is 11.7 Å². The topological polar surface area (TPSA) is 72.2 Å². The van der Waals surface area contributed by atoms with Crippen LogP contribution in [0, 0.1) is 5.82 Å². The number of aromatic nitrogens is 1. The molecule has 0 fully saturated rings. The van der Waals surface area contributed by atoms with Gasteiger partial charge in [-0.05, 0) is 47.5 Å². The van der Waals surface area contributed by atoms with Crippen LogP contribution in [-0.2, 0) is 4.79 Å². The first-order chi connectivity index (χ1) is 11.6. The summed E-state index contributed by atoms with van der Waals surface area (Å²) in [6.07, 6.45) is 4.47. The van der Waals surface area contributed by atoms with Gasteiger partial charge in [-0.2, -0.15) is 0 Å². The van der Waals surface area contributed by atoms with Gasteiger partial charge < -0.3 is 9.73 Å². The van der Waals surface area contributed by atoms with Crippen molar-refractivity contribution in [2.75, 3.05) is 0 Å². The summed E-state index contributed by atoms with van der Waals surface area (Å²) in [5, 5.41) is 2.66. The molecule has 24 heavy (non-hydrogen) atoms. The van der Waals surface area contributed by atoms with Crippen molar-refractivity contribution in [2.45, 2.75) is 6.04 Å². The number of amides is 1. The molecular weight excluding hydrogens is 311 g/mol. The third kappa shape index (κ3) is 3.38. The lowest BCUT2D eigenvalue weighted by atomic mass is 9.99. The number of nitrogens with zero attached hydrogens (tertiary/aromatic N) is 1. The van der Waals surface area contributed by atoms with E-state index in [1.165, 1.54) is 30.5 Å². The average Bonchev–Trinajstić information content (AvgIpc) is 3.15. The lowest BCUT2D eigenvalue weighted by Gasteiger charge is -2.19. The average molecular weight is 324 g/mol. The fraction of sp³-hybridized carbons (Fsp3) is 0.0556. The first-order valence-corrected chi connectivity index (χ1v) is 7.19. The number of benzene rings is 1. The van der Waals surface area contributed by atoms with Crippen LogP contribution < -0.4 is 5.32 Å². The van der Waals surface area contributed by atoms with Crippen molar-refractivity contribution in [1.29, 1.82) is 0 Å². The molecule has 0 saturated carbocycles. The molecule has 0 unspecified atom stereocenters. The molecule has 1 amide bonds. The van der Waals surface area contributed by atoms with E-state index >= 15 is 0 Å². The maximum atomic E-state index is 13.2. The van der Waals surface area contributed by atoms with Crippen LogP contribution in [0.5, 0.6) is 0 Å². The zero-order valence-corrected chi connectivity index (χ0v) is 12.5. The monoisotopic (exact) mass is 324 g/mol. The van der Waals surface area contributed by atoms with Crippen LogP contribution in [0.4, 0.5) is 4.39 Å². The summed E-state index contributed by atoms with van der Waals surface area (Å²) in [4.78, 5) is 28.3. The van der Waals surface area contributed by atoms with Gasteiger partial charge in [-0.3, -0.25) is 14.6 Å². The third-order valence-electron chi connectivity index (χ3n) is 3.47. The summed E-state index contributed by atoms with van der Waals surface area (Å²) in [6, 6.07) is 11.5. The second-order valence-electron chi connectivity index (χ2n) is 5.04. The number of furan rings is 1. The zero-order valence-electron chi connectivity index (χ0n) is 12.5. The van der Waals surface area contributed by atoms with Gasteiger partial charge in [0.05, 0.1) is 12.3 Å². The van der Waals surface area contributed by atoms with Gasteiger partial charge in [0.1, 0.15) is 5.82 Å². The van der Waals surface area contributed by atoms with Crippen molar-refractivity contribution in [1.82, 2.24) is 10.3 Å². The van der Waals surface area contributed by atoms with E-state index in [2.05, 4.69) is 10.3 Å². The van der Waals surface area contributed by atoms with E-state index in [1.54, 1.807) is 36.7 Å². The van der Waals surface area contributed by atoms with Crippen LogP contribution in [-0.4, -0.2) is 16.7 Å². The van der Waals surface area contributed by atoms with Crippen LogP contribution in [0.25, 0.3) is 0 Å². The SMILES string of the molecule is O=C(N[C@H](c1ccncc1)c1ccc(F)cc1)C(=O)c1ccco1. The van der Waals surface area contributed by atoms with Gasteiger partial charge in [0.2, 0.25) is 0 Å². The smallest absolute Gasteiger partial charge is 0.296 e. The largest absolute Gasteiger partial charge is 0.461 e. The lowest BCUT2D eigenvalue weighted by molar-refractivity contribution is -0.117. The molecule has 6 heteroatoms. The van der Waals surface area contributed by atoms with Gasteiger partial charge in [-0.25, -0.2) is 4.39 Å². The fourth-order valence-electron chi connectivity index (χ4n) is 2.29. The normalized spacial score (nSPS) is 11.7. The summed E-state index contributed by atoms with van der Waals surface area (Å²) >= 11 is 0. The maximum absolute atomic E-state index is 13.2. The minimum absolute atomic E-state index is 0.0416. The summed E-state index contributed by atoms with van der Waals surface area (Å²) in [7, 11) is 0. The molecule has 0 aliphatic heterocycles. The van der Waals surface area contributed by atoms with Crippen LogP contribution in [0.3, 0.4) is 0 Å². The van der Waals surface area contributed by atoms with Crippen molar-refractivity contribution < 1.29 is 18.4 Å². The van der Waals surface area contributed by atoms with Crippen LogP contribution in [0.1, 0.15) is 27.7 Å². The molecule has 0 saturated heterocycles. The minimum atomic E-state index is -0.809. The van der Waals surface area contributed by atoms with Gasteiger partial charge in [-0.1, -0.05) is 12.1 Å². The van der Waals surface area contributed by atoms with Gasteiger partial charge in [-0.15, -0.1) is 0 Å². The van der Waals surface area contributed by atoms with E-state index < -0.39 is 17.7 Å². The Labute approximate surface area is 137 Å². The number of ketones is 1. The van der Waals surface area contributed by atoms with Crippen LogP contribution in [0.2, 0.25) is 0 Å². The number of carbonyl (C=O) groups excluding carboxylic acids is 2. The molecule has 120 valence electrons. The first-order valence-electron chi connectivity index (χ1n) is 7.19. The molecule has 1 atom stereocenters. The molecule has 5 nitrogen and oxygen atoms in total. The Bertz CT molecular complexity index is 830. The first kappa shape index (κ1) is 15.6. The van der Waals surface area contributed by atoms with Gasteiger partial charge >= 0.3 is 0 Å². The van der Waals surface area contributed by atoms with E-state index in [4.69, 9.17) is 4.42 Å². The second-order valence-corrected chi connectivity index (χ2v) is 5.04. The van der Waals surface area contributed by atoms with E-state index in [1.807, 2.05) is 0 Å². The van der Waals surface area contributed by atoms with E-state index in [9.17, 15) is 14.0 Å². The van der Waals surface area contributed by atoms with Crippen molar-refractivity contribution in [3.8, 4) is 0 Å². The molecule has 1 aromatic carbocycles. The molecule has 0 bridgehead atoms. The number of pyridine rings is 1. The quantitative estimate of drug-likeness (QED) is 0.578. The molecule has 3 rings (SSSR count). The van der Waals surface area contributed by atoms with Crippen molar-refractivity contribution >= 4 is 11.7 Å². The summed E-state index contributed by atoms with van der Waals surface area (Å²) in [6.45, 7) is 0. The summed E-state index contributed by atoms with van der Waals surface area (Å²) in [5.41, 5.74) is 1.36. The number of rotatable bonds is 5. The maximum Gasteiger partial charge on any atom is 0.296 e. The number of carbonyl (C=O) groups is 2. The highest BCUT2D eigenvalue weighted by molar-refractivity contribution is 6.42. The molecule has 0 radical (unpaired) electrons. The molecule has 3 aromatic rings. The number of Topliss-reactive ketones (excluding diaryl/α,β-unsaturated/α-hetero) is 1. The molecule has 2 heterocycles. The molecule has 0 aliphatic carbocycles. The third-order valence-corrected chi connectivity index (χ3v) is 3.47. The summed E-state index contributed by atoms with van der Waals surface area (Å²) in [5.74, 6) is -2.01. The Morgan fingerprint density at radius 1 is 1.00 bits per heavy atom. The number of hydrogen-bond acceptors (Lipinski definition) is 4. The highest BCUT2D eigenvalue weighted by Gasteiger charge is 2.24. The predicted molar refractivity (Wildman–Crippen MR) is 83.7 cm³/mol. The van der Waals surface area contributed by atoms with E-state index in [-0.39, 0.29) is 11.6 Å². The summed E-state index contributed by atoms with van der Waals surface area (Å²) < 4.78 is 18.1. The fourth-order valence-corrected chi connectivity index (χ4v) is 2.29. The van der Waals surface area contributed by atoms with Crippen molar-refractivity contribution in [2.24, 2.45) is 0 Å². The Kier molecular flexibility index (Phi) is 4.47. The lowest BCUT2D eigenvalue weighted by Crippen LogP contribution is -2.34. The highest BCUT2D eigenvalue weighted by atomic mass is 19.1.